The van der Waals surface area contributed by atoms with Gasteiger partial charge < -0.3 is 19.5 Å². The number of hydrogen-bond donors (Lipinski definition) is 1. The fourth-order valence-electron chi connectivity index (χ4n) is 1.73. The molecule has 0 aliphatic rings. The van der Waals surface area contributed by atoms with E-state index in [4.69, 9.17) is 14.2 Å². The van der Waals surface area contributed by atoms with Crippen molar-refractivity contribution in [3.8, 4) is 17.2 Å². The fraction of sp³-hybridized carbons (Fsp3) is 0.571. The number of ether oxygens (including phenoxy) is 3. The van der Waals surface area contributed by atoms with Gasteiger partial charge >= 0.3 is 0 Å². The Bertz CT molecular complexity index is 359. The molecule has 0 fully saturated rings. The second kappa shape index (κ2) is 6.50. The van der Waals surface area contributed by atoms with Crippen molar-refractivity contribution in [2.24, 2.45) is 0 Å². The summed E-state index contributed by atoms with van der Waals surface area (Å²) in [5.41, 5.74) is -0.244. The van der Waals surface area contributed by atoms with Crippen molar-refractivity contribution in [3.05, 3.63) is 18.2 Å². The summed E-state index contributed by atoms with van der Waals surface area (Å²) in [7, 11) is 5.18. The lowest BCUT2D eigenvalue weighted by Crippen LogP contribution is -2.41. The van der Waals surface area contributed by atoms with Crippen LogP contribution in [-0.2, 0) is 0 Å². The van der Waals surface area contributed by atoms with Crippen LogP contribution in [0.1, 0.15) is 20.3 Å². The van der Waals surface area contributed by atoms with Crippen LogP contribution in [-0.4, -0.2) is 33.4 Å². The molecule has 0 aliphatic heterocycles. The molecular formula is C14H23NO3. The van der Waals surface area contributed by atoms with Crippen LogP contribution in [0, 0.1) is 0 Å². The van der Waals surface area contributed by atoms with Gasteiger partial charge in [-0.05, 0) is 20.4 Å². The van der Waals surface area contributed by atoms with E-state index in [0.29, 0.717) is 0 Å². The second-order valence-corrected chi connectivity index (χ2v) is 4.48. The molecule has 0 radical (unpaired) electrons. The zero-order valence-electron chi connectivity index (χ0n) is 11.9. The first-order valence-corrected chi connectivity index (χ1v) is 6.13. The van der Waals surface area contributed by atoms with Crippen molar-refractivity contribution in [2.75, 3.05) is 27.8 Å². The second-order valence-electron chi connectivity index (χ2n) is 4.48. The van der Waals surface area contributed by atoms with Gasteiger partial charge in [0.2, 0.25) is 0 Å². The number of nitrogens with one attached hydrogen (secondary N) is 1. The van der Waals surface area contributed by atoms with E-state index in [1.807, 2.05) is 25.2 Å². The van der Waals surface area contributed by atoms with Crippen LogP contribution in [0.25, 0.3) is 0 Å². The molecule has 4 nitrogen and oxygen atoms in total. The van der Waals surface area contributed by atoms with E-state index >= 15 is 0 Å². The minimum absolute atomic E-state index is 0.244. The highest BCUT2D eigenvalue weighted by Gasteiger charge is 2.23. The summed E-state index contributed by atoms with van der Waals surface area (Å²) in [6.45, 7) is 4.97. The van der Waals surface area contributed by atoms with Gasteiger partial charge in [0.05, 0.1) is 14.2 Å². The van der Waals surface area contributed by atoms with Crippen LogP contribution in [0.3, 0.4) is 0 Å². The van der Waals surface area contributed by atoms with Gasteiger partial charge in [0.15, 0.2) is 0 Å². The third-order valence-corrected chi connectivity index (χ3v) is 2.99. The largest absolute Gasteiger partial charge is 0.496 e. The molecule has 1 unspecified atom stereocenters. The Morgan fingerprint density at radius 3 is 1.94 bits per heavy atom. The van der Waals surface area contributed by atoms with Gasteiger partial charge in [-0.1, -0.05) is 6.92 Å². The monoisotopic (exact) mass is 253 g/mol. The van der Waals surface area contributed by atoms with Crippen LogP contribution in [0.5, 0.6) is 17.2 Å². The molecule has 0 aliphatic carbocycles. The predicted molar refractivity (Wildman–Crippen MR) is 72.8 cm³/mol. The zero-order valence-corrected chi connectivity index (χ0v) is 11.9. The third-order valence-electron chi connectivity index (χ3n) is 2.99. The quantitative estimate of drug-likeness (QED) is 0.810. The normalized spacial score (nSPS) is 13.8. The Kier molecular flexibility index (Phi) is 5.28. The highest BCUT2D eigenvalue weighted by atomic mass is 16.5. The van der Waals surface area contributed by atoms with Gasteiger partial charge in [-0.2, -0.15) is 0 Å². The molecule has 0 spiro atoms. The number of benzene rings is 1. The molecule has 18 heavy (non-hydrogen) atoms. The Balaban J connectivity index is 2.94. The van der Waals surface area contributed by atoms with Gasteiger partial charge in [-0.25, -0.2) is 0 Å². The summed E-state index contributed by atoms with van der Waals surface area (Å²) in [4.78, 5) is 0. The smallest absolute Gasteiger partial charge is 0.127 e. The predicted octanol–water partition coefficient (Wildman–Crippen LogP) is 2.47. The van der Waals surface area contributed by atoms with Crippen molar-refractivity contribution in [3.63, 3.8) is 0 Å². The molecule has 1 aromatic carbocycles. The maximum Gasteiger partial charge on any atom is 0.127 e. The molecule has 0 bridgehead atoms. The van der Waals surface area contributed by atoms with Crippen LogP contribution >= 0.6 is 0 Å². The lowest BCUT2D eigenvalue weighted by molar-refractivity contribution is 0.0852. The van der Waals surface area contributed by atoms with E-state index in [1.54, 1.807) is 14.2 Å². The van der Waals surface area contributed by atoms with Gasteiger partial charge in [0.25, 0.3) is 0 Å². The minimum Gasteiger partial charge on any atom is -0.496 e. The van der Waals surface area contributed by atoms with Crippen LogP contribution in [0.15, 0.2) is 18.2 Å². The first kappa shape index (κ1) is 14.6. The average molecular weight is 253 g/mol. The molecule has 0 amide bonds. The first-order chi connectivity index (χ1) is 8.56. The highest BCUT2D eigenvalue weighted by Crippen LogP contribution is 2.30. The topological polar surface area (TPSA) is 39.7 Å². The van der Waals surface area contributed by atoms with E-state index < -0.39 is 0 Å². The van der Waals surface area contributed by atoms with Gasteiger partial charge in [-0.3, -0.25) is 0 Å². The van der Waals surface area contributed by atoms with E-state index in [0.717, 1.165) is 30.2 Å². The van der Waals surface area contributed by atoms with E-state index in [-0.39, 0.29) is 5.60 Å². The van der Waals surface area contributed by atoms with Crippen LogP contribution in [0.4, 0.5) is 0 Å². The van der Waals surface area contributed by atoms with Crippen molar-refractivity contribution in [1.82, 2.24) is 5.32 Å². The van der Waals surface area contributed by atoms with Crippen molar-refractivity contribution in [1.29, 1.82) is 0 Å². The molecule has 1 rings (SSSR count). The average Bonchev–Trinajstić information content (AvgIpc) is 2.38. The summed E-state index contributed by atoms with van der Waals surface area (Å²) in [6.07, 6.45) is 0.910. The van der Waals surface area contributed by atoms with Crippen LogP contribution < -0.4 is 19.5 Å². The van der Waals surface area contributed by atoms with Gasteiger partial charge in [-0.15, -0.1) is 0 Å². The highest BCUT2D eigenvalue weighted by molar-refractivity contribution is 5.42. The van der Waals surface area contributed by atoms with Crippen LogP contribution in [0.2, 0.25) is 0 Å². The molecule has 1 atom stereocenters. The number of rotatable bonds is 7. The maximum atomic E-state index is 6.05. The molecule has 1 N–H and O–H groups in total. The molecule has 0 aromatic heterocycles. The lowest BCUT2D eigenvalue weighted by Gasteiger charge is -2.29. The number of likely N-dealkylation sites (N-methyl/N-ethyl adjacent to an activating group) is 1. The van der Waals surface area contributed by atoms with Crippen molar-refractivity contribution >= 4 is 0 Å². The molecule has 1 aromatic rings. The fourth-order valence-corrected chi connectivity index (χ4v) is 1.73. The number of hydrogen-bond acceptors (Lipinski definition) is 4. The molecular weight excluding hydrogens is 230 g/mol. The zero-order chi connectivity index (χ0) is 13.6. The molecule has 102 valence electrons. The Hall–Kier alpha value is -1.42. The molecule has 0 saturated heterocycles. The minimum atomic E-state index is -0.244. The maximum absolute atomic E-state index is 6.05. The number of methoxy groups -OCH3 is 2. The SMILES string of the molecule is CCC(C)(CNC)Oc1cc(OC)cc(OC)c1. The summed E-state index contributed by atoms with van der Waals surface area (Å²) < 4.78 is 16.5. The molecule has 4 heteroatoms. The summed E-state index contributed by atoms with van der Waals surface area (Å²) in [6, 6.07) is 5.56. The van der Waals surface area contributed by atoms with E-state index in [2.05, 4.69) is 19.2 Å². The summed E-state index contributed by atoms with van der Waals surface area (Å²) >= 11 is 0. The van der Waals surface area contributed by atoms with E-state index in [9.17, 15) is 0 Å². The van der Waals surface area contributed by atoms with E-state index in [1.165, 1.54) is 0 Å². The Morgan fingerprint density at radius 1 is 1.06 bits per heavy atom. The summed E-state index contributed by atoms with van der Waals surface area (Å²) in [5.74, 6) is 2.21. The standard InChI is InChI=1S/C14H23NO3/c1-6-14(2,10-15-3)18-13-8-11(16-4)7-12(9-13)17-5/h7-9,15H,6,10H2,1-5H3. The lowest BCUT2D eigenvalue weighted by atomic mass is 10.0. The summed E-state index contributed by atoms with van der Waals surface area (Å²) in [5, 5.41) is 3.15. The Morgan fingerprint density at radius 2 is 1.56 bits per heavy atom. The first-order valence-electron chi connectivity index (χ1n) is 6.13. The van der Waals surface area contributed by atoms with Gasteiger partial charge in [0.1, 0.15) is 22.8 Å². The van der Waals surface area contributed by atoms with Gasteiger partial charge in [0, 0.05) is 24.7 Å². The Labute approximate surface area is 109 Å². The third kappa shape index (κ3) is 3.81. The van der Waals surface area contributed by atoms with Crippen molar-refractivity contribution < 1.29 is 14.2 Å². The molecule has 0 heterocycles. The van der Waals surface area contributed by atoms with Crippen molar-refractivity contribution in [2.45, 2.75) is 25.9 Å². The molecule has 0 saturated carbocycles.